The molecule has 0 aliphatic heterocycles. The molecule has 0 bridgehead atoms. The van der Waals surface area contributed by atoms with Crippen molar-refractivity contribution in [1.82, 2.24) is 4.90 Å². The molecule has 0 aliphatic rings. The number of hydrogen-bond donors (Lipinski definition) is 0. The highest BCUT2D eigenvalue weighted by atomic mass is 32.1. The van der Waals surface area contributed by atoms with Crippen molar-refractivity contribution in [2.24, 2.45) is 0 Å². The summed E-state index contributed by atoms with van der Waals surface area (Å²) in [5, 5.41) is 0. The Morgan fingerprint density at radius 2 is 1.67 bits per heavy atom. The molecule has 1 amide bonds. The van der Waals surface area contributed by atoms with Crippen LogP contribution in [0.2, 0.25) is 0 Å². The van der Waals surface area contributed by atoms with Crippen LogP contribution in [0.15, 0.2) is 78.9 Å². The number of amides is 1. The lowest BCUT2D eigenvalue weighted by Gasteiger charge is -2.20. The van der Waals surface area contributed by atoms with Gasteiger partial charge >= 0.3 is 0 Å². The van der Waals surface area contributed by atoms with E-state index in [1.807, 2.05) is 85.5 Å². The quantitative estimate of drug-likeness (QED) is 0.456. The average Bonchev–Trinajstić information content (AvgIpc) is 3.17. The van der Waals surface area contributed by atoms with E-state index in [1.165, 1.54) is 11.3 Å². The Kier molecular flexibility index (Phi) is 6.09. The number of ether oxygens (including phenoxy) is 1. The van der Waals surface area contributed by atoms with Crippen LogP contribution in [0.4, 0.5) is 0 Å². The van der Waals surface area contributed by atoms with Gasteiger partial charge in [-0.25, -0.2) is 0 Å². The molecule has 138 valence electrons. The normalized spacial score (nSPS) is 10.4. The first-order valence-corrected chi connectivity index (χ1v) is 9.75. The second-order valence-electron chi connectivity index (χ2n) is 6.38. The number of hydrogen-bond acceptors (Lipinski definition) is 3. The van der Waals surface area contributed by atoms with Crippen molar-refractivity contribution in [3.05, 3.63) is 83.8 Å². The maximum Gasteiger partial charge on any atom is 0.264 e. The third-order valence-electron chi connectivity index (χ3n) is 4.06. The molecule has 0 atom stereocenters. The van der Waals surface area contributed by atoms with Crippen LogP contribution in [-0.4, -0.2) is 23.9 Å². The Labute approximate surface area is 164 Å². The highest BCUT2D eigenvalue weighted by Gasteiger charge is 2.16. The van der Waals surface area contributed by atoms with Crippen LogP contribution in [0.5, 0.6) is 11.5 Å². The lowest BCUT2D eigenvalue weighted by atomic mass is 10.2. The van der Waals surface area contributed by atoms with Crippen LogP contribution in [-0.2, 0) is 0 Å². The van der Waals surface area contributed by atoms with Gasteiger partial charge in [0.1, 0.15) is 11.5 Å². The minimum absolute atomic E-state index is 0.0563. The molecule has 0 saturated heterocycles. The lowest BCUT2D eigenvalue weighted by molar-refractivity contribution is 0.0783. The van der Waals surface area contributed by atoms with Crippen molar-refractivity contribution in [1.29, 1.82) is 0 Å². The summed E-state index contributed by atoms with van der Waals surface area (Å²) >= 11 is 1.51. The summed E-state index contributed by atoms with van der Waals surface area (Å²) in [4.78, 5) is 16.3. The third kappa shape index (κ3) is 4.86. The smallest absolute Gasteiger partial charge is 0.264 e. The Balaban J connectivity index is 1.72. The topological polar surface area (TPSA) is 29.5 Å². The second-order valence-corrected chi connectivity index (χ2v) is 7.46. The largest absolute Gasteiger partial charge is 0.457 e. The molecule has 1 aromatic heterocycles. The van der Waals surface area contributed by atoms with E-state index < -0.39 is 0 Å². The minimum Gasteiger partial charge on any atom is -0.457 e. The van der Waals surface area contributed by atoms with E-state index in [0.717, 1.165) is 32.4 Å². The van der Waals surface area contributed by atoms with Gasteiger partial charge in [0, 0.05) is 18.0 Å². The predicted octanol–water partition coefficient (Wildman–Crippen LogP) is 6.25. The van der Waals surface area contributed by atoms with Gasteiger partial charge in [-0.15, -0.1) is 11.3 Å². The van der Waals surface area contributed by atoms with Gasteiger partial charge in [-0.05, 0) is 67.9 Å². The Hall–Kier alpha value is -2.85. The van der Waals surface area contributed by atoms with Gasteiger partial charge in [-0.2, -0.15) is 0 Å². The van der Waals surface area contributed by atoms with Gasteiger partial charge in [0.05, 0.1) is 4.88 Å². The first-order chi connectivity index (χ1) is 13.1. The van der Waals surface area contributed by atoms with Crippen molar-refractivity contribution < 1.29 is 9.53 Å². The highest BCUT2D eigenvalue weighted by molar-refractivity contribution is 7.17. The summed E-state index contributed by atoms with van der Waals surface area (Å²) in [5.41, 5.74) is 2.05. The van der Waals surface area contributed by atoms with E-state index >= 15 is 0 Å². The molecule has 27 heavy (non-hydrogen) atoms. The van der Waals surface area contributed by atoms with Gasteiger partial charge < -0.3 is 9.64 Å². The molecule has 0 N–H and O–H groups in total. The number of benzene rings is 2. The molecule has 1 heterocycles. The van der Waals surface area contributed by atoms with Crippen molar-refractivity contribution in [2.45, 2.75) is 13.8 Å². The maximum atomic E-state index is 12.7. The highest BCUT2D eigenvalue weighted by Crippen LogP contribution is 2.31. The van der Waals surface area contributed by atoms with Crippen LogP contribution in [0, 0.1) is 0 Å². The number of rotatable bonds is 7. The first-order valence-electron chi connectivity index (χ1n) is 8.93. The Morgan fingerprint density at radius 3 is 2.30 bits per heavy atom. The van der Waals surface area contributed by atoms with Gasteiger partial charge in [-0.1, -0.05) is 30.4 Å². The summed E-state index contributed by atoms with van der Waals surface area (Å²) in [7, 11) is 0. The van der Waals surface area contributed by atoms with Crippen molar-refractivity contribution in [3.63, 3.8) is 0 Å². The van der Waals surface area contributed by atoms with E-state index in [1.54, 1.807) is 0 Å². The summed E-state index contributed by atoms with van der Waals surface area (Å²) < 4.78 is 5.83. The van der Waals surface area contributed by atoms with Gasteiger partial charge in [0.15, 0.2) is 0 Å². The third-order valence-corrected chi connectivity index (χ3v) is 5.19. The van der Waals surface area contributed by atoms with Gasteiger partial charge in [-0.3, -0.25) is 4.79 Å². The minimum atomic E-state index is 0.0563. The Morgan fingerprint density at radius 1 is 1.00 bits per heavy atom. The van der Waals surface area contributed by atoms with Crippen LogP contribution in [0.3, 0.4) is 0 Å². The molecule has 0 radical (unpaired) electrons. The number of nitrogens with zero attached hydrogens (tertiary/aromatic N) is 1. The van der Waals surface area contributed by atoms with Crippen LogP contribution >= 0.6 is 11.3 Å². The molecule has 4 heteroatoms. The molecule has 0 unspecified atom stereocenters. The lowest BCUT2D eigenvalue weighted by Crippen LogP contribution is -2.31. The van der Waals surface area contributed by atoms with E-state index in [2.05, 4.69) is 6.58 Å². The van der Waals surface area contributed by atoms with E-state index in [0.29, 0.717) is 13.1 Å². The zero-order valence-electron chi connectivity index (χ0n) is 15.6. The van der Waals surface area contributed by atoms with Gasteiger partial charge in [0.25, 0.3) is 5.91 Å². The summed E-state index contributed by atoms with van der Waals surface area (Å²) in [6, 6.07) is 21.5. The molecule has 0 saturated carbocycles. The molecule has 0 fully saturated rings. The number of para-hydroxylation sites is 1. The molecule has 2 aromatic carbocycles. The summed E-state index contributed by atoms with van der Waals surface area (Å²) in [6.07, 6.45) is 0. The summed E-state index contributed by atoms with van der Waals surface area (Å²) in [5.74, 6) is 1.66. The zero-order chi connectivity index (χ0) is 19.2. The monoisotopic (exact) mass is 377 g/mol. The van der Waals surface area contributed by atoms with Crippen molar-refractivity contribution in [3.8, 4) is 21.9 Å². The fourth-order valence-electron chi connectivity index (χ4n) is 2.73. The molecule has 3 nitrogen and oxygen atoms in total. The Bertz CT molecular complexity index is 913. The first kappa shape index (κ1) is 18.9. The SMILES string of the molecule is C=C(C)CN(CC)C(=O)c1ccc(-c2ccc(Oc3ccccc3)cc2)s1. The number of thiophene rings is 1. The standard InChI is InChI=1S/C23H23NO2S/c1-4-24(16-17(2)3)23(25)22-15-14-21(27-22)18-10-12-20(13-11-18)26-19-8-6-5-7-9-19/h5-15H,2,4,16H2,1,3H3. The zero-order valence-corrected chi connectivity index (χ0v) is 16.5. The van der Waals surface area contributed by atoms with Crippen LogP contribution in [0.25, 0.3) is 10.4 Å². The fraction of sp³-hybridized carbons (Fsp3) is 0.174. The molecular weight excluding hydrogens is 354 g/mol. The molecule has 3 aromatic rings. The molecule has 0 spiro atoms. The summed E-state index contributed by atoms with van der Waals surface area (Å²) in [6.45, 7) is 9.10. The number of likely N-dealkylation sites (N-methyl/N-ethyl adjacent to an activating group) is 1. The van der Waals surface area contributed by atoms with Crippen molar-refractivity contribution >= 4 is 17.2 Å². The molecular formula is C23H23NO2S. The van der Waals surface area contributed by atoms with Gasteiger partial charge in [0.2, 0.25) is 0 Å². The van der Waals surface area contributed by atoms with E-state index in [4.69, 9.17) is 4.74 Å². The number of carbonyl (C=O) groups excluding carboxylic acids is 1. The average molecular weight is 378 g/mol. The molecule has 3 rings (SSSR count). The van der Waals surface area contributed by atoms with Crippen LogP contribution in [0.1, 0.15) is 23.5 Å². The van der Waals surface area contributed by atoms with E-state index in [-0.39, 0.29) is 5.91 Å². The fourth-order valence-corrected chi connectivity index (χ4v) is 3.71. The van der Waals surface area contributed by atoms with E-state index in [9.17, 15) is 4.79 Å². The van der Waals surface area contributed by atoms with Crippen LogP contribution < -0.4 is 4.74 Å². The van der Waals surface area contributed by atoms with Crippen molar-refractivity contribution in [2.75, 3.05) is 13.1 Å². The second kappa shape index (κ2) is 8.69. The molecule has 0 aliphatic carbocycles. The maximum absolute atomic E-state index is 12.7. The predicted molar refractivity (Wildman–Crippen MR) is 113 cm³/mol. The number of carbonyl (C=O) groups is 1.